The summed E-state index contributed by atoms with van der Waals surface area (Å²) in [6.07, 6.45) is 0. The third-order valence-electron chi connectivity index (χ3n) is 3.43. The molecule has 0 fully saturated rings. The van der Waals surface area contributed by atoms with Crippen LogP contribution >= 0.6 is 34.8 Å². The lowest BCUT2D eigenvalue weighted by Crippen LogP contribution is -2.27. The lowest BCUT2D eigenvalue weighted by Gasteiger charge is -2.17. The highest BCUT2D eigenvalue weighted by molar-refractivity contribution is 6.45. The number of amides is 2. The third kappa shape index (κ3) is 4.57. The molecule has 2 rings (SSSR count). The second-order valence-electron chi connectivity index (χ2n) is 5.38. The number of hydrogen-bond donors (Lipinski definition) is 3. The summed E-state index contributed by atoms with van der Waals surface area (Å²) in [7, 11) is 0. The number of nitrogens with one attached hydrogen (secondary N) is 2. The van der Waals surface area contributed by atoms with Crippen molar-refractivity contribution >= 4 is 52.3 Å². The largest absolute Gasteiger partial charge is 0.505 e. The maximum Gasteiger partial charge on any atom is 0.257 e. The van der Waals surface area contributed by atoms with Gasteiger partial charge in [0.05, 0.1) is 21.1 Å². The van der Waals surface area contributed by atoms with Crippen LogP contribution in [0.1, 0.15) is 35.8 Å². The van der Waals surface area contributed by atoms with Gasteiger partial charge in [-0.2, -0.15) is 0 Å². The van der Waals surface area contributed by atoms with Crippen LogP contribution in [0, 0.1) is 0 Å². The number of benzene rings is 2. The zero-order chi connectivity index (χ0) is 18.7. The average molecular weight is 402 g/mol. The van der Waals surface area contributed by atoms with Crippen molar-refractivity contribution in [1.82, 2.24) is 5.32 Å². The summed E-state index contributed by atoms with van der Waals surface area (Å²) < 4.78 is 0. The van der Waals surface area contributed by atoms with E-state index in [1.54, 1.807) is 31.2 Å². The van der Waals surface area contributed by atoms with E-state index in [4.69, 9.17) is 34.8 Å². The zero-order valence-electron chi connectivity index (χ0n) is 13.4. The van der Waals surface area contributed by atoms with Gasteiger partial charge in [0.25, 0.3) is 5.91 Å². The molecule has 2 aromatic rings. The smallest absolute Gasteiger partial charge is 0.257 e. The van der Waals surface area contributed by atoms with Gasteiger partial charge in [-0.25, -0.2) is 0 Å². The molecule has 3 N–H and O–H groups in total. The van der Waals surface area contributed by atoms with Crippen molar-refractivity contribution in [2.75, 3.05) is 5.32 Å². The minimum atomic E-state index is -0.621. The lowest BCUT2D eigenvalue weighted by atomic mass is 10.1. The highest BCUT2D eigenvalue weighted by Gasteiger charge is 2.22. The van der Waals surface area contributed by atoms with Gasteiger partial charge in [0.2, 0.25) is 5.91 Å². The molecule has 0 radical (unpaired) electrons. The van der Waals surface area contributed by atoms with E-state index in [2.05, 4.69) is 10.6 Å². The van der Waals surface area contributed by atoms with Crippen LogP contribution < -0.4 is 10.6 Å². The van der Waals surface area contributed by atoms with Crippen LogP contribution in [0.15, 0.2) is 30.3 Å². The monoisotopic (exact) mass is 400 g/mol. The molecule has 0 spiro atoms. The summed E-state index contributed by atoms with van der Waals surface area (Å²) in [5.41, 5.74) is 1.17. The maximum atomic E-state index is 12.5. The highest BCUT2D eigenvalue weighted by atomic mass is 35.5. The summed E-state index contributed by atoms with van der Waals surface area (Å²) in [6, 6.07) is 7.86. The van der Waals surface area contributed by atoms with Crippen molar-refractivity contribution in [3.8, 4) is 5.75 Å². The lowest BCUT2D eigenvalue weighted by molar-refractivity contribution is -0.114. The van der Waals surface area contributed by atoms with Crippen molar-refractivity contribution in [3.05, 3.63) is 56.5 Å². The molecule has 1 unspecified atom stereocenters. The number of phenols is 1. The SMILES string of the molecule is CC(=O)Nc1cccc(C(C)NC(=O)c2c(O)c(Cl)cc(Cl)c2Cl)c1. The summed E-state index contributed by atoms with van der Waals surface area (Å²) in [4.78, 5) is 23.6. The van der Waals surface area contributed by atoms with Gasteiger partial charge in [0.15, 0.2) is 0 Å². The van der Waals surface area contributed by atoms with E-state index in [1.807, 2.05) is 0 Å². The van der Waals surface area contributed by atoms with Crippen LogP contribution in [0.2, 0.25) is 15.1 Å². The summed E-state index contributed by atoms with van der Waals surface area (Å²) in [5.74, 6) is -1.25. The second-order valence-corrected chi connectivity index (χ2v) is 6.57. The Bertz CT molecular complexity index is 814. The molecule has 0 bridgehead atoms. The fraction of sp³-hybridized carbons (Fsp3) is 0.176. The molecule has 5 nitrogen and oxygen atoms in total. The molecule has 132 valence electrons. The first kappa shape index (κ1) is 19.4. The van der Waals surface area contributed by atoms with Crippen LogP contribution in [0.3, 0.4) is 0 Å². The van der Waals surface area contributed by atoms with E-state index < -0.39 is 17.7 Å². The highest BCUT2D eigenvalue weighted by Crippen LogP contribution is 2.38. The molecular weight excluding hydrogens is 387 g/mol. The van der Waals surface area contributed by atoms with Gasteiger partial charge >= 0.3 is 0 Å². The molecule has 0 saturated heterocycles. The molecule has 0 heterocycles. The summed E-state index contributed by atoms with van der Waals surface area (Å²) in [6.45, 7) is 3.16. The van der Waals surface area contributed by atoms with Crippen molar-refractivity contribution in [1.29, 1.82) is 0 Å². The quantitative estimate of drug-likeness (QED) is 0.644. The molecule has 0 aromatic heterocycles. The van der Waals surface area contributed by atoms with Crippen molar-refractivity contribution in [2.45, 2.75) is 19.9 Å². The zero-order valence-corrected chi connectivity index (χ0v) is 15.6. The molecule has 2 aromatic carbocycles. The minimum absolute atomic E-state index is 0.0647. The first-order valence-electron chi connectivity index (χ1n) is 7.25. The molecular formula is C17H15Cl3N2O3. The maximum absolute atomic E-state index is 12.5. The molecule has 0 aliphatic heterocycles. The van der Waals surface area contributed by atoms with E-state index in [9.17, 15) is 14.7 Å². The molecule has 8 heteroatoms. The average Bonchev–Trinajstić information content (AvgIpc) is 2.53. The first-order valence-corrected chi connectivity index (χ1v) is 8.39. The van der Waals surface area contributed by atoms with Crippen molar-refractivity contribution in [3.63, 3.8) is 0 Å². The van der Waals surface area contributed by atoms with E-state index >= 15 is 0 Å². The van der Waals surface area contributed by atoms with Gasteiger partial charge < -0.3 is 15.7 Å². The molecule has 0 saturated carbocycles. The Kier molecular flexibility index (Phi) is 6.16. The van der Waals surface area contributed by atoms with Gasteiger partial charge in [-0.3, -0.25) is 9.59 Å². The Hall–Kier alpha value is -1.95. The van der Waals surface area contributed by atoms with Gasteiger partial charge in [-0.1, -0.05) is 46.9 Å². The van der Waals surface area contributed by atoms with Crippen LogP contribution in [0.5, 0.6) is 5.75 Å². The van der Waals surface area contributed by atoms with Crippen LogP contribution in [-0.2, 0) is 4.79 Å². The fourth-order valence-electron chi connectivity index (χ4n) is 2.23. The molecule has 2 amide bonds. The minimum Gasteiger partial charge on any atom is -0.505 e. The first-order chi connectivity index (χ1) is 11.7. The normalized spacial score (nSPS) is 11.7. The Labute approximate surface area is 159 Å². The van der Waals surface area contributed by atoms with Crippen LogP contribution in [0.25, 0.3) is 0 Å². The van der Waals surface area contributed by atoms with E-state index in [0.717, 1.165) is 5.56 Å². The number of aromatic hydroxyl groups is 1. The van der Waals surface area contributed by atoms with E-state index in [-0.39, 0.29) is 26.5 Å². The molecule has 25 heavy (non-hydrogen) atoms. The van der Waals surface area contributed by atoms with Crippen LogP contribution in [-0.4, -0.2) is 16.9 Å². The Morgan fingerprint density at radius 1 is 1.12 bits per heavy atom. The van der Waals surface area contributed by atoms with E-state index in [1.165, 1.54) is 13.0 Å². The van der Waals surface area contributed by atoms with Gasteiger partial charge in [-0.05, 0) is 30.7 Å². The number of hydrogen-bond acceptors (Lipinski definition) is 3. The fourth-order valence-corrected chi connectivity index (χ4v) is 2.93. The molecule has 1 atom stereocenters. The predicted octanol–water partition coefficient (Wildman–Crippen LogP) is 4.80. The topological polar surface area (TPSA) is 78.4 Å². The van der Waals surface area contributed by atoms with Gasteiger partial charge in [0, 0.05) is 12.6 Å². The van der Waals surface area contributed by atoms with Gasteiger partial charge in [-0.15, -0.1) is 0 Å². The van der Waals surface area contributed by atoms with Crippen LogP contribution in [0.4, 0.5) is 5.69 Å². The second kappa shape index (κ2) is 7.95. The third-order valence-corrected chi connectivity index (χ3v) is 4.50. The van der Waals surface area contributed by atoms with Crippen molar-refractivity contribution < 1.29 is 14.7 Å². The van der Waals surface area contributed by atoms with Gasteiger partial charge in [0.1, 0.15) is 11.3 Å². The Morgan fingerprint density at radius 2 is 1.80 bits per heavy atom. The predicted molar refractivity (Wildman–Crippen MR) is 99.8 cm³/mol. The summed E-state index contributed by atoms with van der Waals surface area (Å²) >= 11 is 17.8. The number of phenolic OH excluding ortho intramolecular Hbond substituents is 1. The summed E-state index contributed by atoms with van der Waals surface area (Å²) in [5, 5.41) is 15.3. The number of rotatable bonds is 4. The van der Waals surface area contributed by atoms with E-state index in [0.29, 0.717) is 5.69 Å². The molecule has 0 aliphatic rings. The number of carbonyl (C=O) groups is 2. The Balaban J connectivity index is 2.25. The molecule has 0 aliphatic carbocycles. The van der Waals surface area contributed by atoms with Crippen molar-refractivity contribution in [2.24, 2.45) is 0 Å². The number of halogens is 3. The Morgan fingerprint density at radius 3 is 2.44 bits per heavy atom. The standard InChI is InChI=1S/C17H15Cl3N2O3/c1-8(10-4-3-5-11(6-10)22-9(2)23)21-17(25)14-15(20)12(18)7-13(19)16(14)24/h3-8,24H,1-2H3,(H,21,25)(H,22,23). The number of carbonyl (C=O) groups excluding carboxylic acids is 2. The number of anilines is 1.